The van der Waals surface area contributed by atoms with Crippen LogP contribution in [0.25, 0.3) is 0 Å². The smallest absolute Gasteiger partial charge is 0.318 e. The Labute approximate surface area is 90.7 Å². The fourth-order valence-corrected chi connectivity index (χ4v) is 0.973. The zero-order valence-electron chi connectivity index (χ0n) is 7.49. The number of hydrogen-bond donors (Lipinski definition) is 1. The lowest BCUT2D eigenvalue weighted by Gasteiger charge is -2.08. The van der Waals surface area contributed by atoms with E-state index in [2.05, 4.69) is 0 Å². The number of alkyl halides is 3. The Kier molecular flexibility index (Phi) is 4.77. The van der Waals surface area contributed by atoms with Crippen molar-refractivity contribution in [2.45, 2.75) is 12.2 Å². The average molecular weight is 240 g/mol. The largest absolute Gasteiger partial charge is 0.416 e. The van der Waals surface area contributed by atoms with Crippen molar-refractivity contribution in [1.82, 2.24) is 0 Å². The molecule has 1 aromatic carbocycles. The third-order valence-corrected chi connectivity index (χ3v) is 1.77. The van der Waals surface area contributed by atoms with E-state index in [-0.39, 0.29) is 12.4 Å². The maximum Gasteiger partial charge on any atom is 0.416 e. The van der Waals surface area contributed by atoms with Crippen LogP contribution in [-0.2, 0) is 11.0 Å². The van der Waals surface area contributed by atoms with E-state index in [0.717, 1.165) is 12.1 Å². The van der Waals surface area contributed by atoms with Crippen LogP contribution in [0.1, 0.15) is 17.2 Å². The Balaban J connectivity index is 0.00000196. The summed E-state index contributed by atoms with van der Waals surface area (Å²) in [4.78, 5) is 10.2. The molecule has 1 aromatic rings. The SMILES string of the molecule is Cl.NC(C=O)c1ccc(C(F)(F)F)cc1. The van der Waals surface area contributed by atoms with Crippen LogP contribution >= 0.6 is 12.4 Å². The Bertz CT molecular complexity index is 323. The molecule has 0 saturated carbocycles. The molecule has 0 radical (unpaired) electrons. The molecule has 0 aliphatic heterocycles. The van der Waals surface area contributed by atoms with Crippen LogP contribution in [0, 0.1) is 0 Å². The molecule has 1 atom stereocenters. The summed E-state index contributed by atoms with van der Waals surface area (Å²) in [5.41, 5.74) is 4.92. The van der Waals surface area contributed by atoms with Crippen molar-refractivity contribution < 1.29 is 18.0 Å². The lowest BCUT2D eigenvalue weighted by molar-refractivity contribution is -0.137. The lowest BCUT2D eigenvalue weighted by Crippen LogP contribution is -2.12. The van der Waals surface area contributed by atoms with E-state index in [4.69, 9.17) is 5.73 Å². The molecular weight excluding hydrogens is 231 g/mol. The molecule has 2 N–H and O–H groups in total. The van der Waals surface area contributed by atoms with E-state index >= 15 is 0 Å². The average Bonchev–Trinajstić information content (AvgIpc) is 2.15. The molecule has 0 aromatic heterocycles. The summed E-state index contributed by atoms with van der Waals surface area (Å²) in [6, 6.07) is 3.33. The summed E-state index contributed by atoms with van der Waals surface area (Å²) < 4.78 is 36.3. The number of hydrogen-bond acceptors (Lipinski definition) is 2. The van der Waals surface area contributed by atoms with Crippen LogP contribution in [0.2, 0.25) is 0 Å². The van der Waals surface area contributed by atoms with Gasteiger partial charge in [-0.15, -0.1) is 12.4 Å². The van der Waals surface area contributed by atoms with Gasteiger partial charge in [-0.2, -0.15) is 13.2 Å². The summed E-state index contributed by atoms with van der Waals surface area (Å²) in [5.74, 6) is 0. The first-order valence-corrected chi connectivity index (χ1v) is 3.83. The highest BCUT2D eigenvalue weighted by atomic mass is 35.5. The Morgan fingerprint density at radius 2 is 1.67 bits per heavy atom. The summed E-state index contributed by atoms with van der Waals surface area (Å²) in [6.07, 6.45) is -3.88. The highest BCUT2D eigenvalue weighted by Crippen LogP contribution is 2.29. The summed E-state index contributed by atoms with van der Waals surface area (Å²) >= 11 is 0. The van der Waals surface area contributed by atoms with Crippen molar-refractivity contribution in [2.75, 3.05) is 0 Å². The summed E-state index contributed by atoms with van der Waals surface area (Å²) in [6.45, 7) is 0. The first-order valence-electron chi connectivity index (χ1n) is 3.83. The quantitative estimate of drug-likeness (QED) is 0.805. The number of carbonyl (C=O) groups is 1. The fraction of sp³-hybridized carbons (Fsp3) is 0.222. The zero-order valence-corrected chi connectivity index (χ0v) is 8.31. The molecule has 0 spiro atoms. The minimum Gasteiger partial charge on any atom is -0.318 e. The van der Waals surface area contributed by atoms with Crippen LogP contribution in [0.15, 0.2) is 24.3 Å². The highest BCUT2D eigenvalue weighted by molar-refractivity contribution is 5.85. The van der Waals surface area contributed by atoms with Gasteiger partial charge < -0.3 is 10.5 Å². The molecule has 1 rings (SSSR count). The van der Waals surface area contributed by atoms with E-state index in [9.17, 15) is 18.0 Å². The number of aldehydes is 1. The molecular formula is C9H9ClF3NO. The number of rotatable bonds is 2. The second kappa shape index (κ2) is 5.14. The minimum absolute atomic E-state index is 0. The second-order valence-corrected chi connectivity index (χ2v) is 2.78. The van der Waals surface area contributed by atoms with Crippen molar-refractivity contribution in [2.24, 2.45) is 5.73 Å². The first-order chi connectivity index (χ1) is 6.45. The van der Waals surface area contributed by atoms with E-state index in [1.165, 1.54) is 12.1 Å². The van der Waals surface area contributed by atoms with Gasteiger partial charge in [-0.1, -0.05) is 12.1 Å². The zero-order chi connectivity index (χ0) is 10.8. The van der Waals surface area contributed by atoms with Gasteiger partial charge in [0.15, 0.2) is 0 Å². The van der Waals surface area contributed by atoms with E-state index in [1.54, 1.807) is 0 Å². The monoisotopic (exact) mass is 239 g/mol. The summed E-state index contributed by atoms with van der Waals surface area (Å²) in [7, 11) is 0. The molecule has 0 heterocycles. The molecule has 0 saturated heterocycles. The van der Waals surface area contributed by atoms with Crippen LogP contribution in [0.4, 0.5) is 13.2 Å². The standard InChI is InChI=1S/C9H8F3NO.ClH/c10-9(11,12)7-3-1-6(2-4-7)8(13)5-14;/h1-5,8H,13H2;1H. The van der Waals surface area contributed by atoms with Gasteiger partial charge in [0.25, 0.3) is 0 Å². The van der Waals surface area contributed by atoms with Crippen LogP contribution in [0.3, 0.4) is 0 Å². The molecule has 6 heteroatoms. The molecule has 2 nitrogen and oxygen atoms in total. The molecule has 1 unspecified atom stereocenters. The summed E-state index contributed by atoms with van der Waals surface area (Å²) in [5, 5.41) is 0. The maximum atomic E-state index is 12.1. The third kappa shape index (κ3) is 3.53. The van der Waals surface area contributed by atoms with Crippen LogP contribution in [-0.4, -0.2) is 6.29 Å². The topological polar surface area (TPSA) is 43.1 Å². The predicted molar refractivity (Wildman–Crippen MR) is 51.7 cm³/mol. The number of carbonyl (C=O) groups excluding carboxylic acids is 1. The molecule has 0 amide bonds. The van der Waals surface area contributed by atoms with Gasteiger partial charge in [-0.05, 0) is 17.7 Å². The minimum atomic E-state index is -4.36. The van der Waals surface area contributed by atoms with Crippen molar-refractivity contribution in [3.05, 3.63) is 35.4 Å². The van der Waals surface area contributed by atoms with E-state index in [1.807, 2.05) is 0 Å². The predicted octanol–water partition coefficient (Wildman–Crippen LogP) is 2.33. The fourth-order valence-electron chi connectivity index (χ4n) is 0.973. The van der Waals surface area contributed by atoms with Crippen molar-refractivity contribution >= 4 is 18.7 Å². The molecule has 15 heavy (non-hydrogen) atoms. The van der Waals surface area contributed by atoms with Gasteiger partial charge in [0.1, 0.15) is 6.29 Å². The molecule has 0 fully saturated rings. The van der Waals surface area contributed by atoms with Gasteiger partial charge in [-0.25, -0.2) is 0 Å². The van der Waals surface area contributed by atoms with Crippen molar-refractivity contribution in [3.8, 4) is 0 Å². The lowest BCUT2D eigenvalue weighted by atomic mass is 10.1. The molecule has 84 valence electrons. The third-order valence-electron chi connectivity index (χ3n) is 1.77. The van der Waals surface area contributed by atoms with Gasteiger partial charge in [0, 0.05) is 0 Å². The number of benzene rings is 1. The van der Waals surface area contributed by atoms with Gasteiger partial charge in [0.2, 0.25) is 0 Å². The van der Waals surface area contributed by atoms with Crippen molar-refractivity contribution in [3.63, 3.8) is 0 Å². The van der Waals surface area contributed by atoms with Crippen molar-refractivity contribution in [1.29, 1.82) is 0 Å². The Morgan fingerprint density at radius 1 is 1.20 bits per heavy atom. The van der Waals surface area contributed by atoms with E-state index in [0.29, 0.717) is 11.8 Å². The van der Waals surface area contributed by atoms with Crippen LogP contribution in [0.5, 0.6) is 0 Å². The molecule has 0 bridgehead atoms. The maximum absolute atomic E-state index is 12.1. The number of nitrogens with two attached hydrogens (primary N) is 1. The molecule has 0 aliphatic carbocycles. The van der Waals surface area contributed by atoms with Gasteiger partial charge in [-0.3, -0.25) is 0 Å². The van der Waals surface area contributed by atoms with Crippen LogP contribution < -0.4 is 5.73 Å². The number of halogens is 4. The highest BCUT2D eigenvalue weighted by Gasteiger charge is 2.30. The second-order valence-electron chi connectivity index (χ2n) is 2.78. The van der Waals surface area contributed by atoms with E-state index < -0.39 is 17.8 Å². The molecule has 0 aliphatic rings. The Hall–Kier alpha value is -1.07. The normalized spacial score (nSPS) is 12.8. The van der Waals surface area contributed by atoms with Gasteiger partial charge in [0.05, 0.1) is 11.6 Å². The Morgan fingerprint density at radius 3 is 2.00 bits per heavy atom. The first kappa shape index (κ1) is 13.9. The van der Waals surface area contributed by atoms with Gasteiger partial charge >= 0.3 is 6.18 Å².